The number of hydrogen-bond donors (Lipinski definition) is 1. The predicted molar refractivity (Wildman–Crippen MR) is 47.8 cm³/mol. The smallest absolute Gasteiger partial charge is 0.307 e. The van der Waals surface area contributed by atoms with E-state index >= 15 is 0 Å². The minimum Gasteiger partial charge on any atom is -0.481 e. The first-order valence-corrected chi connectivity index (χ1v) is 4.22. The summed E-state index contributed by atoms with van der Waals surface area (Å²) in [5, 5.41) is 17.4. The first kappa shape index (κ1) is 9.79. The van der Waals surface area contributed by atoms with Crippen LogP contribution in [0.25, 0.3) is 0 Å². The van der Waals surface area contributed by atoms with Crippen LogP contribution in [-0.2, 0) is 4.79 Å². The first-order valence-electron chi connectivity index (χ1n) is 4.22. The average molecular weight is 179 g/mol. The number of allylic oxidation sites excluding steroid dienone is 2. The number of rotatable bonds is 2. The second-order valence-corrected chi connectivity index (χ2v) is 4.12. The van der Waals surface area contributed by atoms with Gasteiger partial charge in [0.05, 0.1) is 12.0 Å². The molecule has 2 atom stereocenters. The topological polar surface area (TPSA) is 61.1 Å². The lowest BCUT2D eigenvalue weighted by Gasteiger charge is -1.96. The normalized spacial score (nSPS) is 30.8. The van der Waals surface area contributed by atoms with E-state index in [2.05, 4.69) is 0 Å². The van der Waals surface area contributed by atoms with Crippen LogP contribution in [0.5, 0.6) is 0 Å². The quantitative estimate of drug-likeness (QED) is 0.657. The van der Waals surface area contributed by atoms with Crippen LogP contribution in [0.3, 0.4) is 0 Å². The van der Waals surface area contributed by atoms with E-state index in [1.54, 1.807) is 13.0 Å². The molecule has 0 aromatic rings. The molecule has 70 valence electrons. The second kappa shape index (κ2) is 2.88. The van der Waals surface area contributed by atoms with Gasteiger partial charge >= 0.3 is 5.97 Å². The van der Waals surface area contributed by atoms with Gasteiger partial charge in [0.25, 0.3) is 0 Å². The Hall–Kier alpha value is -1.30. The van der Waals surface area contributed by atoms with Gasteiger partial charge in [-0.1, -0.05) is 19.9 Å². The van der Waals surface area contributed by atoms with E-state index in [4.69, 9.17) is 10.4 Å². The van der Waals surface area contributed by atoms with Crippen molar-refractivity contribution in [2.45, 2.75) is 20.8 Å². The van der Waals surface area contributed by atoms with Gasteiger partial charge in [-0.05, 0) is 18.3 Å². The molecule has 0 amide bonds. The molecule has 0 radical (unpaired) electrons. The van der Waals surface area contributed by atoms with E-state index in [1.807, 2.05) is 19.9 Å². The lowest BCUT2D eigenvalue weighted by Crippen LogP contribution is -2.03. The van der Waals surface area contributed by atoms with Crippen molar-refractivity contribution < 1.29 is 9.90 Å². The lowest BCUT2D eigenvalue weighted by molar-refractivity contribution is -0.139. The summed E-state index contributed by atoms with van der Waals surface area (Å²) in [6, 6.07) is 2.00. The molecule has 0 aliphatic heterocycles. The highest BCUT2D eigenvalue weighted by molar-refractivity contribution is 5.76. The third-order valence-corrected chi connectivity index (χ3v) is 2.78. The monoisotopic (exact) mass is 179 g/mol. The molecule has 1 fully saturated rings. The Labute approximate surface area is 77.7 Å². The van der Waals surface area contributed by atoms with E-state index in [9.17, 15) is 4.79 Å². The van der Waals surface area contributed by atoms with Crippen molar-refractivity contribution in [2.24, 2.45) is 17.3 Å². The molecular formula is C10H13NO2. The van der Waals surface area contributed by atoms with Crippen molar-refractivity contribution >= 4 is 5.97 Å². The average Bonchev–Trinajstić information content (AvgIpc) is 2.53. The zero-order chi connectivity index (χ0) is 10.2. The molecule has 0 aromatic heterocycles. The Bertz CT molecular complexity index is 309. The number of nitriles is 1. The Kier molecular flexibility index (Phi) is 2.17. The lowest BCUT2D eigenvalue weighted by atomic mass is 10.1. The Balaban J connectivity index is 2.79. The highest BCUT2D eigenvalue weighted by Crippen LogP contribution is 2.59. The van der Waals surface area contributed by atoms with Gasteiger partial charge in [-0.2, -0.15) is 5.26 Å². The standard InChI is InChI=1S/C10H13NO2/c1-6(5-11)4-7-8(9(12)13)10(7,2)3/h4,7-8H,1-3H3,(H,12,13)/b6-4+/t7-,8-/m0/s1. The van der Waals surface area contributed by atoms with Gasteiger partial charge in [0, 0.05) is 5.57 Å². The molecule has 0 heterocycles. The number of hydrogen-bond acceptors (Lipinski definition) is 2. The molecule has 0 bridgehead atoms. The van der Waals surface area contributed by atoms with Crippen molar-refractivity contribution in [3.63, 3.8) is 0 Å². The number of carboxylic acids is 1. The molecule has 1 rings (SSSR count). The second-order valence-electron chi connectivity index (χ2n) is 4.12. The van der Waals surface area contributed by atoms with E-state index < -0.39 is 5.97 Å². The van der Waals surface area contributed by atoms with Crippen molar-refractivity contribution in [2.75, 3.05) is 0 Å². The van der Waals surface area contributed by atoms with Gasteiger partial charge < -0.3 is 5.11 Å². The van der Waals surface area contributed by atoms with Gasteiger partial charge in [-0.3, -0.25) is 4.79 Å². The predicted octanol–water partition coefficient (Wildman–Crippen LogP) is 1.81. The van der Waals surface area contributed by atoms with Gasteiger partial charge in [0.15, 0.2) is 0 Å². The summed E-state index contributed by atoms with van der Waals surface area (Å²) in [5.41, 5.74) is 0.408. The third kappa shape index (κ3) is 1.57. The molecule has 0 unspecified atom stereocenters. The molecule has 0 aromatic carbocycles. The molecule has 0 spiro atoms. The summed E-state index contributed by atoms with van der Waals surface area (Å²) in [6.07, 6.45) is 1.76. The number of carbonyl (C=O) groups is 1. The highest BCUT2D eigenvalue weighted by Gasteiger charge is 2.60. The molecule has 1 N–H and O–H groups in total. The fraction of sp³-hybridized carbons (Fsp3) is 0.600. The molecule has 3 heteroatoms. The van der Waals surface area contributed by atoms with E-state index in [1.165, 1.54) is 0 Å². The molecular weight excluding hydrogens is 166 g/mol. The minimum absolute atomic E-state index is 0.0182. The number of aliphatic carboxylic acids is 1. The third-order valence-electron chi connectivity index (χ3n) is 2.78. The zero-order valence-electron chi connectivity index (χ0n) is 8.03. The Morgan fingerprint density at radius 1 is 1.62 bits per heavy atom. The van der Waals surface area contributed by atoms with Gasteiger partial charge in [0.2, 0.25) is 0 Å². The van der Waals surface area contributed by atoms with E-state index in [-0.39, 0.29) is 17.3 Å². The molecule has 0 saturated heterocycles. The summed E-state index contributed by atoms with van der Waals surface area (Å²) < 4.78 is 0. The van der Waals surface area contributed by atoms with Crippen molar-refractivity contribution in [1.82, 2.24) is 0 Å². The van der Waals surface area contributed by atoms with Crippen LogP contribution in [0.15, 0.2) is 11.6 Å². The molecule has 1 saturated carbocycles. The maximum atomic E-state index is 10.7. The number of carboxylic acid groups (broad SMARTS) is 1. The molecule has 3 nitrogen and oxygen atoms in total. The van der Waals surface area contributed by atoms with Gasteiger partial charge in [-0.25, -0.2) is 0 Å². The Morgan fingerprint density at radius 3 is 2.46 bits per heavy atom. The van der Waals surface area contributed by atoms with Crippen molar-refractivity contribution in [3.8, 4) is 6.07 Å². The fourth-order valence-electron chi connectivity index (χ4n) is 1.77. The van der Waals surface area contributed by atoms with Crippen LogP contribution in [-0.4, -0.2) is 11.1 Å². The van der Waals surface area contributed by atoms with Crippen LogP contribution < -0.4 is 0 Å². The summed E-state index contributed by atoms with van der Waals surface area (Å²) in [5.74, 6) is -1.07. The molecule has 1 aliphatic carbocycles. The summed E-state index contributed by atoms with van der Waals surface area (Å²) in [4.78, 5) is 10.7. The summed E-state index contributed by atoms with van der Waals surface area (Å²) in [7, 11) is 0. The maximum absolute atomic E-state index is 10.7. The van der Waals surface area contributed by atoms with Crippen LogP contribution in [0, 0.1) is 28.6 Å². The molecule has 1 aliphatic rings. The highest BCUT2D eigenvalue weighted by atomic mass is 16.4. The van der Waals surface area contributed by atoms with Crippen LogP contribution in [0.2, 0.25) is 0 Å². The summed E-state index contributed by atoms with van der Waals surface area (Å²) in [6.45, 7) is 5.53. The minimum atomic E-state index is -0.767. The van der Waals surface area contributed by atoms with Crippen LogP contribution in [0.4, 0.5) is 0 Å². The van der Waals surface area contributed by atoms with Crippen molar-refractivity contribution in [3.05, 3.63) is 11.6 Å². The maximum Gasteiger partial charge on any atom is 0.307 e. The first-order chi connectivity index (χ1) is 5.91. The van der Waals surface area contributed by atoms with Crippen LogP contribution in [0.1, 0.15) is 20.8 Å². The zero-order valence-corrected chi connectivity index (χ0v) is 8.03. The molecule has 13 heavy (non-hydrogen) atoms. The van der Waals surface area contributed by atoms with Gasteiger partial charge in [-0.15, -0.1) is 0 Å². The van der Waals surface area contributed by atoms with E-state index in [0.717, 1.165) is 0 Å². The number of nitrogens with zero attached hydrogens (tertiary/aromatic N) is 1. The van der Waals surface area contributed by atoms with Gasteiger partial charge in [0.1, 0.15) is 0 Å². The van der Waals surface area contributed by atoms with E-state index in [0.29, 0.717) is 5.57 Å². The fourth-order valence-corrected chi connectivity index (χ4v) is 1.77. The Morgan fingerprint density at radius 2 is 2.15 bits per heavy atom. The SMILES string of the molecule is C/C(C#N)=C\[C@H]1[C@@H](C(=O)O)C1(C)C. The largest absolute Gasteiger partial charge is 0.481 e. The van der Waals surface area contributed by atoms with Crippen LogP contribution >= 0.6 is 0 Å². The summed E-state index contributed by atoms with van der Waals surface area (Å²) >= 11 is 0. The van der Waals surface area contributed by atoms with Crippen molar-refractivity contribution in [1.29, 1.82) is 5.26 Å².